The summed E-state index contributed by atoms with van der Waals surface area (Å²) < 4.78 is 12.0. The van der Waals surface area contributed by atoms with Crippen molar-refractivity contribution in [3.05, 3.63) is 34.8 Å². The molecule has 0 radical (unpaired) electrons. The zero-order valence-corrected chi connectivity index (χ0v) is 14.2. The number of amides is 1. The zero-order chi connectivity index (χ0) is 17.2. The van der Waals surface area contributed by atoms with Crippen molar-refractivity contribution in [1.82, 2.24) is 14.4 Å². The Balaban J connectivity index is 1.39. The Morgan fingerprint density at radius 2 is 1.80 bits per heavy atom. The number of aromatic nitrogens is 1. The van der Waals surface area contributed by atoms with Crippen LogP contribution in [0.4, 0.5) is 0 Å². The molecule has 0 bridgehead atoms. The molecule has 2 aliphatic rings. The number of benzene rings is 1. The molecular weight excluding hydrogens is 322 g/mol. The number of rotatable bonds is 3. The summed E-state index contributed by atoms with van der Waals surface area (Å²) in [7, 11) is 0. The van der Waals surface area contributed by atoms with Crippen molar-refractivity contribution in [3.63, 3.8) is 0 Å². The second kappa shape index (κ2) is 7.01. The van der Waals surface area contributed by atoms with E-state index >= 15 is 0 Å². The lowest BCUT2D eigenvalue weighted by molar-refractivity contribution is -0.134. The summed E-state index contributed by atoms with van der Waals surface area (Å²) in [5.41, 5.74) is 1.19. The molecule has 7 heteroatoms. The fraction of sp³-hybridized carbons (Fsp3) is 0.556. The zero-order valence-electron chi connectivity index (χ0n) is 14.2. The number of carbonyl (C=O) groups is 1. The average Bonchev–Trinajstić information content (AvgIpc) is 2.98. The van der Waals surface area contributed by atoms with E-state index in [1.165, 1.54) is 4.57 Å². The topological polar surface area (TPSA) is 67.9 Å². The predicted molar refractivity (Wildman–Crippen MR) is 92.5 cm³/mol. The summed E-state index contributed by atoms with van der Waals surface area (Å²) >= 11 is 0. The molecule has 4 rings (SSSR count). The number of hydrogen-bond acceptors (Lipinski definition) is 5. The van der Waals surface area contributed by atoms with Gasteiger partial charge in [-0.05, 0) is 25.0 Å². The van der Waals surface area contributed by atoms with E-state index in [0.717, 1.165) is 39.1 Å². The van der Waals surface area contributed by atoms with Crippen LogP contribution in [0.2, 0.25) is 0 Å². The first-order valence-electron chi connectivity index (χ1n) is 8.90. The van der Waals surface area contributed by atoms with E-state index in [1.807, 2.05) is 17.0 Å². The summed E-state index contributed by atoms with van der Waals surface area (Å²) in [5, 5.41) is 0. The Morgan fingerprint density at radius 3 is 2.56 bits per heavy atom. The molecule has 0 unspecified atom stereocenters. The molecule has 1 aromatic carbocycles. The van der Waals surface area contributed by atoms with Gasteiger partial charge in [0.25, 0.3) is 0 Å². The minimum absolute atomic E-state index is 0.0275. The van der Waals surface area contributed by atoms with Crippen LogP contribution >= 0.6 is 0 Å². The Hall–Kier alpha value is -2.12. The van der Waals surface area contributed by atoms with E-state index < -0.39 is 5.76 Å². The Labute approximate surface area is 145 Å². The van der Waals surface area contributed by atoms with Crippen molar-refractivity contribution in [2.45, 2.75) is 25.4 Å². The standard InChI is InChI=1S/C18H23N3O4/c22-17(13-21-15-3-1-2-4-16(15)25-18(21)23)20-9-7-19(8-10-20)14-5-11-24-12-6-14/h1-4,14H,5-13H2. The van der Waals surface area contributed by atoms with Crippen molar-refractivity contribution in [2.24, 2.45) is 0 Å². The van der Waals surface area contributed by atoms with Crippen LogP contribution in [-0.2, 0) is 16.1 Å². The van der Waals surface area contributed by atoms with Gasteiger partial charge in [0.15, 0.2) is 5.58 Å². The molecule has 0 N–H and O–H groups in total. The van der Waals surface area contributed by atoms with Crippen molar-refractivity contribution >= 4 is 17.0 Å². The maximum atomic E-state index is 12.6. The molecule has 134 valence electrons. The van der Waals surface area contributed by atoms with Crippen LogP contribution in [0, 0.1) is 0 Å². The summed E-state index contributed by atoms with van der Waals surface area (Å²) in [6, 6.07) is 7.77. The van der Waals surface area contributed by atoms with E-state index in [0.29, 0.717) is 30.2 Å². The average molecular weight is 345 g/mol. The third kappa shape index (κ3) is 3.34. The fourth-order valence-electron chi connectivity index (χ4n) is 3.79. The van der Waals surface area contributed by atoms with Gasteiger partial charge >= 0.3 is 5.76 Å². The van der Waals surface area contributed by atoms with Gasteiger partial charge in [0, 0.05) is 45.4 Å². The first-order chi connectivity index (χ1) is 12.2. The maximum absolute atomic E-state index is 12.6. The molecule has 1 aromatic heterocycles. The minimum Gasteiger partial charge on any atom is -0.408 e. The summed E-state index contributed by atoms with van der Waals surface area (Å²) in [5.74, 6) is -0.504. The highest BCUT2D eigenvalue weighted by molar-refractivity contribution is 5.79. The van der Waals surface area contributed by atoms with Crippen molar-refractivity contribution in [1.29, 1.82) is 0 Å². The first kappa shape index (κ1) is 16.4. The second-order valence-electron chi connectivity index (χ2n) is 6.68. The first-order valence-corrected chi connectivity index (χ1v) is 8.90. The Bertz CT molecular complexity index is 798. The van der Waals surface area contributed by atoms with E-state index in [9.17, 15) is 9.59 Å². The van der Waals surface area contributed by atoms with Gasteiger partial charge in [-0.25, -0.2) is 4.79 Å². The van der Waals surface area contributed by atoms with Crippen molar-refractivity contribution in [2.75, 3.05) is 39.4 Å². The summed E-state index contributed by atoms with van der Waals surface area (Å²) in [6.45, 7) is 4.89. The fourth-order valence-corrected chi connectivity index (χ4v) is 3.79. The normalized spacial score (nSPS) is 20.2. The number of para-hydroxylation sites is 2. The number of fused-ring (bicyclic) bond motifs is 1. The summed E-state index contributed by atoms with van der Waals surface area (Å²) in [6.07, 6.45) is 2.15. The molecule has 3 heterocycles. The van der Waals surface area contributed by atoms with Crippen LogP contribution in [0.25, 0.3) is 11.1 Å². The molecule has 2 aliphatic heterocycles. The van der Waals surface area contributed by atoms with Crippen molar-refractivity contribution < 1.29 is 13.9 Å². The summed E-state index contributed by atoms with van der Waals surface area (Å²) in [4.78, 5) is 29.0. The molecular formula is C18H23N3O4. The lowest BCUT2D eigenvalue weighted by atomic mass is 10.1. The lowest BCUT2D eigenvalue weighted by Crippen LogP contribution is -2.53. The minimum atomic E-state index is -0.476. The molecule has 0 aliphatic carbocycles. The molecule has 0 saturated carbocycles. The van der Waals surface area contributed by atoms with Gasteiger partial charge in [-0.2, -0.15) is 0 Å². The van der Waals surface area contributed by atoms with E-state index in [4.69, 9.17) is 9.15 Å². The van der Waals surface area contributed by atoms with Gasteiger partial charge in [-0.3, -0.25) is 14.3 Å². The number of ether oxygens (including phenoxy) is 1. The van der Waals surface area contributed by atoms with Crippen LogP contribution in [0.5, 0.6) is 0 Å². The molecule has 2 aromatic rings. The Morgan fingerprint density at radius 1 is 1.08 bits per heavy atom. The highest BCUT2D eigenvalue weighted by atomic mass is 16.5. The Kier molecular flexibility index (Phi) is 4.59. The quantitative estimate of drug-likeness (QED) is 0.827. The molecule has 1 amide bonds. The molecule has 0 atom stereocenters. The third-order valence-corrected chi connectivity index (χ3v) is 5.24. The lowest BCUT2D eigenvalue weighted by Gasteiger charge is -2.40. The highest BCUT2D eigenvalue weighted by Gasteiger charge is 2.27. The van der Waals surface area contributed by atoms with Gasteiger partial charge in [0.1, 0.15) is 6.54 Å². The van der Waals surface area contributed by atoms with Gasteiger partial charge < -0.3 is 14.1 Å². The number of oxazole rings is 1. The van der Waals surface area contributed by atoms with Crippen LogP contribution in [0.1, 0.15) is 12.8 Å². The van der Waals surface area contributed by atoms with Gasteiger partial charge in [-0.1, -0.05) is 12.1 Å². The molecule has 7 nitrogen and oxygen atoms in total. The monoisotopic (exact) mass is 345 g/mol. The molecule has 25 heavy (non-hydrogen) atoms. The number of piperazine rings is 1. The van der Waals surface area contributed by atoms with E-state index in [-0.39, 0.29) is 12.5 Å². The van der Waals surface area contributed by atoms with E-state index in [1.54, 1.807) is 12.1 Å². The molecule has 0 spiro atoms. The number of hydrogen-bond donors (Lipinski definition) is 0. The second-order valence-corrected chi connectivity index (χ2v) is 6.68. The van der Waals surface area contributed by atoms with Crippen molar-refractivity contribution in [3.8, 4) is 0 Å². The predicted octanol–water partition coefficient (Wildman–Crippen LogP) is 0.918. The number of nitrogens with zero attached hydrogens (tertiary/aromatic N) is 3. The van der Waals surface area contributed by atoms with E-state index in [2.05, 4.69) is 4.90 Å². The van der Waals surface area contributed by atoms with Gasteiger partial charge in [0.2, 0.25) is 5.91 Å². The van der Waals surface area contributed by atoms with Gasteiger partial charge in [-0.15, -0.1) is 0 Å². The molecule has 2 saturated heterocycles. The SMILES string of the molecule is O=C(Cn1c(=O)oc2ccccc21)N1CCN(C2CCOCC2)CC1. The van der Waals surface area contributed by atoms with Crippen LogP contribution in [0.3, 0.4) is 0 Å². The third-order valence-electron chi connectivity index (χ3n) is 5.24. The molecule has 2 fully saturated rings. The van der Waals surface area contributed by atoms with Crippen LogP contribution in [0.15, 0.2) is 33.5 Å². The largest absolute Gasteiger partial charge is 0.420 e. The van der Waals surface area contributed by atoms with Gasteiger partial charge in [0.05, 0.1) is 5.52 Å². The number of carbonyl (C=O) groups excluding carboxylic acids is 1. The van der Waals surface area contributed by atoms with Crippen LogP contribution in [-0.4, -0.2) is 65.7 Å². The smallest absolute Gasteiger partial charge is 0.408 e. The maximum Gasteiger partial charge on any atom is 0.420 e. The highest BCUT2D eigenvalue weighted by Crippen LogP contribution is 2.17. The van der Waals surface area contributed by atoms with Crippen LogP contribution < -0.4 is 5.76 Å².